The summed E-state index contributed by atoms with van der Waals surface area (Å²) in [6.45, 7) is 6.96. The average molecular weight is 234 g/mol. The molecule has 2 unspecified atom stereocenters. The largest absolute Gasteiger partial charge is 0.481 e. The van der Waals surface area contributed by atoms with Gasteiger partial charge in [-0.05, 0) is 17.9 Å². The standard InChI is InChI=1S/C13H18O2Si/c1-16(2,3)10-6-4-9(5-7-10)11-8-12(11)13(14)15/h4-7,11-12H,8H2,1-3H3,(H,14,15). The van der Waals surface area contributed by atoms with Gasteiger partial charge in [0.05, 0.1) is 14.0 Å². The Bertz CT molecular complexity index is 403. The summed E-state index contributed by atoms with van der Waals surface area (Å²) in [5, 5.41) is 10.3. The maximum Gasteiger partial charge on any atom is 0.307 e. The molecule has 1 aromatic rings. The Morgan fingerprint density at radius 2 is 1.81 bits per heavy atom. The van der Waals surface area contributed by atoms with E-state index in [-0.39, 0.29) is 11.8 Å². The van der Waals surface area contributed by atoms with Gasteiger partial charge in [0, 0.05) is 0 Å². The number of aliphatic carboxylic acids is 1. The van der Waals surface area contributed by atoms with E-state index in [1.54, 1.807) is 0 Å². The third-order valence-corrected chi connectivity index (χ3v) is 5.38. The molecule has 1 N–H and O–H groups in total. The molecule has 0 bridgehead atoms. The van der Waals surface area contributed by atoms with Crippen LogP contribution in [0.1, 0.15) is 17.9 Å². The summed E-state index contributed by atoms with van der Waals surface area (Å²) in [5.74, 6) is -0.537. The lowest BCUT2D eigenvalue weighted by Crippen LogP contribution is -2.37. The molecule has 2 nitrogen and oxygen atoms in total. The van der Waals surface area contributed by atoms with Gasteiger partial charge in [0.2, 0.25) is 0 Å². The number of hydrogen-bond donors (Lipinski definition) is 1. The van der Waals surface area contributed by atoms with E-state index in [0.717, 1.165) is 6.42 Å². The summed E-state index contributed by atoms with van der Waals surface area (Å²) < 4.78 is 0. The topological polar surface area (TPSA) is 37.3 Å². The van der Waals surface area contributed by atoms with Crippen LogP contribution in [0.25, 0.3) is 0 Å². The van der Waals surface area contributed by atoms with E-state index in [9.17, 15) is 4.79 Å². The third-order valence-electron chi connectivity index (χ3n) is 3.31. The van der Waals surface area contributed by atoms with Gasteiger partial charge in [-0.15, -0.1) is 0 Å². The average Bonchev–Trinajstić information content (AvgIpc) is 2.96. The third kappa shape index (κ3) is 2.19. The maximum atomic E-state index is 10.8. The van der Waals surface area contributed by atoms with E-state index < -0.39 is 14.0 Å². The molecule has 1 aliphatic rings. The van der Waals surface area contributed by atoms with Gasteiger partial charge in [0.1, 0.15) is 0 Å². The first-order valence-electron chi connectivity index (χ1n) is 5.73. The molecule has 86 valence electrons. The maximum absolute atomic E-state index is 10.8. The molecule has 1 aliphatic carbocycles. The molecule has 0 heterocycles. The fourth-order valence-corrected chi connectivity index (χ4v) is 3.23. The zero-order valence-corrected chi connectivity index (χ0v) is 11.0. The Labute approximate surface area is 97.3 Å². The zero-order valence-electron chi connectivity index (χ0n) is 10.0. The van der Waals surface area contributed by atoms with Crippen LogP contribution in [0.4, 0.5) is 0 Å². The summed E-state index contributed by atoms with van der Waals surface area (Å²) in [5.41, 5.74) is 1.19. The van der Waals surface area contributed by atoms with Crippen LogP contribution in [0.2, 0.25) is 19.6 Å². The summed E-state index contributed by atoms with van der Waals surface area (Å²) in [7, 11) is -1.23. The summed E-state index contributed by atoms with van der Waals surface area (Å²) >= 11 is 0. The van der Waals surface area contributed by atoms with Crippen LogP contribution < -0.4 is 5.19 Å². The van der Waals surface area contributed by atoms with Crippen molar-refractivity contribution >= 4 is 19.2 Å². The Hall–Kier alpha value is -1.09. The second-order valence-corrected chi connectivity index (χ2v) is 10.7. The quantitative estimate of drug-likeness (QED) is 0.816. The van der Waals surface area contributed by atoms with Crippen molar-refractivity contribution in [1.29, 1.82) is 0 Å². The molecule has 0 radical (unpaired) electrons. The highest BCUT2D eigenvalue weighted by atomic mass is 28.3. The Balaban J connectivity index is 2.13. The zero-order chi connectivity index (χ0) is 11.9. The van der Waals surface area contributed by atoms with E-state index in [4.69, 9.17) is 5.11 Å². The number of carbonyl (C=O) groups is 1. The number of benzene rings is 1. The van der Waals surface area contributed by atoms with Crippen LogP contribution >= 0.6 is 0 Å². The minimum atomic E-state index is -1.23. The molecule has 2 rings (SSSR count). The molecular formula is C13H18O2Si. The van der Waals surface area contributed by atoms with Crippen LogP contribution in [0, 0.1) is 5.92 Å². The molecule has 3 heteroatoms. The second-order valence-electron chi connectivity index (χ2n) is 5.66. The van der Waals surface area contributed by atoms with E-state index in [1.807, 2.05) is 0 Å². The van der Waals surface area contributed by atoms with E-state index in [1.165, 1.54) is 10.8 Å². The van der Waals surface area contributed by atoms with Crippen molar-refractivity contribution < 1.29 is 9.90 Å². The number of rotatable bonds is 3. The van der Waals surface area contributed by atoms with Crippen molar-refractivity contribution in [3.05, 3.63) is 29.8 Å². The number of carboxylic acid groups (broad SMARTS) is 1. The molecule has 0 aromatic heterocycles. The van der Waals surface area contributed by atoms with Crippen molar-refractivity contribution in [2.75, 3.05) is 0 Å². The summed E-state index contributed by atoms with van der Waals surface area (Å²) in [6, 6.07) is 8.58. The Morgan fingerprint density at radius 1 is 1.25 bits per heavy atom. The predicted molar refractivity (Wildman–Crippen MR) is 67.9 cm³/mol. The van der Waals surface area contributed by atoms with Gasteiger partial charge in [0.25, 0.3) is 0 Å². The lowest BCUT2D eigenvalue weighted by Gasteiger charge is -2.16. The van der Waals surface area contributed by atoms with Crippen LogP contribution in [-0.4, -0.2) is 19.1 Å². The summed E-state index contributed by atoms with van der Waals surface area (Å²) in [4.78, 5) is 10.8. The normalized spacial score (nSPS) is 24.2. The van der Waals surface area contributed by atoms with Gasteiger partial charge in [-0.25, -0.2) is 0 Å². The number of carboxylic acids is 1. The Kier molecular flexibility index (Phi) is 2.66. The van der Waals surface area contributed by atoms with Gasteiger partial charge in [-0.3, -0.25) is 4.79 Å². The van der Waals surface area contributed by atoms with Crippen LogP contribution in [0.15, 0.2) is 24.3 Å². The minimum Gasteiger partial charge on any atom is -0.481 e. The molecule has 1 fully saturated rings. The highest BCUT2D eigenvalue weighted by Crippen LogP contribution is 2.47. The van der Waals surface area contributed by atoms with E-state index in [2.05, 4.69) is 43.9 Å². The molecule has 0 aliphatic heterocycles. The summed E-state index contributed by atoms with van der Waals surface area (Å²) in [6.07, 6.45) is 0.807. The molecule has 16 heavy (non-hydrogen) atoms. The van der Waals surface area contributed by atoms with Crippen molar-refractivity contribution in [3.63, 3.8) is 0 Å². The van der Waals surface area contributed by atoms with Gasteiger partial charge in [-0.1, -0.05) is 49.1 Å². The lowest BCUT2D eigenvalue weighted by atomic mass is 10.1. The lowest BCUT2D eigenvalue weighted by molar-refractivity contribution is -0.138. The monoisotopic (exact) mass is 234 g/mol. The highest BCUT2D eigenvalue weighted by molar-refractivity contribution is 6.88. The first kappa shape index (κ1) is 11.4. The van der Waals surface area contributed by atoms with Gasteiger partial charge >= 0.3 is 5.97 Å². The van der Waals surface area contributed by atoms with Gasteiger partial charge in [-0.2, -0.15) is 0 Å². The molecule has 1 saturated carbocycles. The first-order valence-corrected chi connectivity index (χ1v) is 9.23. The Morgan fingerprint density at radius 3 is 2.19 bits per heavy atom. The van der Waals surface area contributed by atoms with Gasteiger partial charge in [0.15, 0.2) is 0 Å². The molecule has 1 aromatic carbocycles. The molecule has 2 atom stereocenters. The number of hydrogen-bond acceptors (Lipinski definition) is 1. The van der Waals surface area contributed by atoms with Crippen molar-refractivity contribution in [1.82, 2.24) is 0 Å². The smallest absolute Gasteiger partial charge is 0.307 e. The van der Waals surface area contributed by atoms with Crippen LogP contribution in [0.5, 0.6) is 0 Å². The molecule has 0 amide bonds. The van der Waals surface area contributed by atoms with Crippen molar-refractivity contribution in [2.45, 2.75) is 32.0 Å². The van der Waals surface area contributed by atoms with Crippen LogP contribution in [0.3, 0.4) is 0 Å². The first-order chi connectivity index (χ1) is 7.39. The van der Waals surface area contributed by atoms with Crippen molar-refractivity contribution in [2.24, 2.45) is 5.92 Å². The SMILES string of the molecule is C[Si](C)(C)c1ccc(C2CC2C(=O)O)cc1. The molecular weight excluding hydrogens is 216 g/mol. The van der Waals surface area contributed by atoms with Crippen molar-refractivity contribution in [3.8, 4) is 0 Å². The van der Waals surface area contributed by atoms with E-state index >= 15 is 0 Å². The van der Waals surface area contributed by atoms with Gasteiger partial charge < -0.3 is 5.11 Å². The fourth-order valence-electron chi connectivity index (χ4n) is 2.07. The fraction of sp³-hybridized carbons (Fsp3) is 0.462. The molecule has 0 spiro atoms. The molecule has 0 saturated heterocycles. The van der Waals surface area contributed by atoms with E-state index in [0.29, 0.717) is 0 Å². The minimum absolute atomic E-state index is 0.141. The second kappa shape index (κ2) is 3.73. The van der Waals surface area contributed by atoms with Crippen LogP contribution in [-0.2, 0) is 4.79 Å². The predicted octanol–water partition coefficient (Wildman–Crippen LogP) is 2.42. The highest BCUT2D eigenvalue weighted by Gasteiger charge is 2.44.